The van der Waals surface area contributed by atoms with Crippen LogP contribution in [0.3, 0.4) is 0 Å². The molecule has 3 aromatic rings. The number of benzene rings is 3. The zero-order valence-corrected chi connectivity index (χ0v) is 18.9. The lowest BCUT2D eigenvalue weighted by molar-refractivity contribution is -0.123. The fourth-order valence-corrected chi connectivity index (χ4v) is 3.74. The van der Waals surface area contributed by atoms with Crippen LogP contribution in [0.25, 0.3) is 6.08 Å². The predicted molar refractivity (Wildman–Crippen MR) is 127 cm³/mol. The Morgan fingerprint density at radius 2 is 1.79 bits per heavy atom. The molecule has 1 heterocycles. The van der Waals surface area contributed by atoms with E-state index in [1.54, 1.807) is 36.4 Å². The zero-order chi connectivity index (χ0) is 23.4. The number of amides is 2. The maximum Gasteiger partial charge on any atom is 0.294 e. The van der Waals surface area contributed by atoms with E-state index < -0.39 is 11.7 Å². The molecule has 0 unspecified atom stereocenters. The number of nitrogens with zero attached hydrogens (tertiary/aromatic N) is 1. The molecule has 0 atom stereocenters. The number of hydrogen-bond acceptors (Lipinski definition) is 3. The van der Waals surface area contributed by atoms with Crippen LogP contribution in [0.4, 0.5) is 10.1 Å². The second kappa shape index (κ2) is 10.1. The molecule has 0 saturated carbocycles. The van der Waals surface area contributed by atoms with Crippen molar-refractivity contribution in [1.29, 1.82) is 0 Å². The van der Waals surface area contributed by atoms with Crippen LogP contribution in [0, 0.1) is 5.82 Å². The van der Waals surface area contributed by atoms with Crippen molar-refractivity contribution in [3.63, 3.8) is 0 Å². The molecule has 5 nitrogen and oxygen atoms in total. The molecule has 0 radical (unpaired) electrons. The van der Waals surface area contributed by atoms with E-state index in [0.717, 1.165) is 5.56 Å². The van der Waals surface area contributed by atoms with Gasteiger partial charge in [-0.15, -0.1) is 0 Å². The molecule has 1 aliphatic rings. The first-order chi connectivity index (χ1) is 15.9. The van der Waals surface area contributed by atoms with Gasteiger partial charge in [0.2, 0.25) is 5.91 Å². The third kappa shape index (κ3) is 5.35. The zero-order valence-electron chi connectivity index (χ0n) is 17.4. The van der Waals surface area contributed by atoms with Gasteiger partial charge in [-0.1, -0.05) is 53.5 Å². The van der Waals surface area contributed by atoms with Crippen molar-refractivity contribution >= 4 is 46.8 Å². The number of carbonyl (C=O) groups is 2. The minimum absolute atomic E-state index is 0.0364. The average Bonchev–Trinajstić information content (AvgIpc) is 2.80. The Balaban J connectivity index is 1.51. The van der Waals surface area contributed by atoms with E-state index in [4.69, 9.17) is 27.9 Å². The summed E-state index contributed by atoms with van der Waals surface area (Å²) in [5, 5.41) is 3.61. The molecule has 0 fully saturated rings. The Labute approximate surface area is 200 Å². The standard InChI is InChI=1S/C25H19Cl2FN2O3/c26-17-10-8-16(9-11-17)12-13-29-24(31)15-30-21-6-1-2-7-22(21)33-23(25(30)32)14-18-19(27)4-3-5-20(18)28/h1-11,14H,12-13,15H2,(H,29,31)/b23-14-. The molecule has 33 heavy (non-hydrogen) atoms. The minimum Gasteiger partial charge on any atom is -0.449 e. The fourth-order valence-electron chi connectivity index (χ4n) is 3.40. The number of ether oxygens (including phenoxy) is 1. The SMILES string of the molecule is O=C(CN1C(=O)/C(=C/c2c(F)cccc2Cl)Oc2ccccc21)NCCc1ccc(Cl)cc1. The van der Waals surface area contributed by atoms with Gasteiger partial charge in [0.25, 0.3) is 5.91 Å². The molecule has 1 N–H and O–H groups in total. The van der Waals surface area contributed by atoms with E-state index in [1.807, 2.05) is 12.1 Å². The smallest absolute Gasteiger partial charge is 0.294 e. The molecule has 1 aliphatic heterocycles. The van der Waals surface area contributed by atoms with Crippen LogP contribution >= 0.6 is 23.2 Å². The highest BCUT2D eigenvalue weighted by Gasteiger charge is 2.32. The fraction of sp³-hybridized carbons (Fsp3) is 0.120. The highest BCUT2D eigenvalue weighted by molar-refractivity contribution is 6.32. The summed E-state index contributed by atoms with van der Waals surface area (Å²) in [4.78, 5) is 27.1. The Morgan fingerprint density at radius 1 is 1.03 bits per heavy atom. The van der Waals surface area contributed by atoms with Gasteiger partial charge in [-0.05, 0) is 54.5 Å². The van der Waals surface area contributed by atoms with Crippen LogP contribution in [0.15, 0.2) is 72.5 Å². The summed E-state index contributed by atoms with van der Waals surface area (Å²) in [5.41, 5.74) is 1.51. The molecule has 0 bridgehead atoms. The highest BCUT2D eigenvalue weighted by Crippen LogP contribution is 2.36. The maximum atomic E-state index is 14.3. The van der Waals surface area contributed by atoms with E-state index in [1.165, 1.54) is 29.2 Å². The lowest BCUT2D eigenvalue weighted by atomic mass is 10.1. The van der Waals surface area contributed by atoms with E-state index in [2.05, 4.69) is 5.32 Å². The van der Waals surface area contributed by atoms with Crippen molar-refractivity contribution in [3.05, 3.63) is 99.5 Å². The van der Waals surface area contributed by atoms with Gasteiger partial charge in [-0.3, -0.25) is 14.5 Å². The van der Waals surface area contributed by atoms with Crippen molar-refractivity contribution in [2.75, 3.05) is 18.0 Å². The van der Waals surface area contributed by atoms with Crippen molar-refractivity contribution in [2.24, 2.45) is 0 Å². The van der Waals surface area contributed by atoms with E-state index >= 15 is 0 Å². The molecular formula is C25H19Cl2FN2O3. The Bertz CT molecular complexity index is 1210. The van der Waals surface area contributed by atoms with E-state index in [9.17, 15) is 14.0 Å². The number of fused-ring (bicyclic) bond motifs is 1. The monoisotopic (exact) mass is 484 g/mol. The molecule has 0 saturated heterocycles. The topological polar surface area (TPSA) is 58.6 Å². The van der Waals surface area contributed by atoms with E-state index in [0.29, 0.717) is 29.4 Å². The first-order valence-electron chi connectivity index (χ1n) is 10.2. The van der Waals surface area contributed by atoms with Crippen molar-refractivity contribution in [3.8, 4) is 5.75 Å². The van der Waals surface area contributed by atoms with Gasteiger partial charge < -0.3 is 10.1 Å². The molecule has 0 spiro atoms. The van der Waals surface area contributed by atoms with Crippen LogP contribution in [0.5, 0.6) is 5.75 Å². The number of nitrogens with one attached hydrogen (secondary N) is 1. The Kier molecular flexibility index (Phi) is 6.96. The van der Waals surface area contributed by atoms with Crippen molar-refractivity contribution in [2.45, 2.75) is 6.42 Å². The minimum atomic E-state index is -0.586. The summed E-state index contributed by atoms with van der Waals surface area (Å²) in [6.45, 7) is 0.177. The summed E-state index contributed by atoms with van der Waals surface area (Å²) in [6.07, 6.45) is 1.87. The molecule has 168 valence electrons. The number of rotatable bonds is 6. The van der Waals surface area contributed by atoms with Gasteiger partial charge in [-0.2, -0.15) is 0 Å². The molecular weight excluding hydrogens is 466 g/mol. The maximum absolute atomic E-state index is 14.3. The summed E-state index contributed by atoms with van der Waals surface area (Å²) < 4.78 is 20.0. The normalized spacial score (nSPS) is 14.1. The van der Waals surface area contributed by atoms with Gasteiger partial charge in [0, 0.05) is 17.1 Å². The van der Waals surface area contributed by atoms with Crippen molar-refractivity contribution < 1.29 is 18.7 Å². The lowest BCUT2D eigenvalue weighted by Crippen LogP contribution is -2.44. The van der Waals surface area contributed by atoms with Crippen LogP contribution in [0.2, 0.25) is 10.0 Å². The molecule has 3 aromatic carbocycles. The van der Waals surface area contributed by atoms with Crippen LogP contribution < -0.4 is 15.0 Å². The lowest BCUT2D eigenvalue weighted by Gasteiger charge is -2.30. The first kappa shape index (κ1) is 22.8. The number of anilines is 1. The average molecular weight is 485 g/mol. The Morgan fingerprint density at radius 3 is 2.55 bits per heavy atom. The third-order valence-electron chi connectivity index (χ3n) is 5.06. The largest absolute Gasteiger partial charge is 0.449 e. The number of carbonyl (C=O) groups excluding carboxylic acids is 2. The number of hydrogen-bond donors (Lipinski definition) is 1. The quantitative estimate of drug-likeness (QED) is 0.485. The van der Waals surface area contributed by atoms with Gasteiger partial charge in [0.1, 0.15) is 12.4 Å². The summed E-state index contributed by atoms with van der Waals surface area (Å²) in [7, 11) is 0. The summed E-state index contributed by atoms with van der Waals surface area (Å²) in [5.74, 6) is -1.24. The van der Waals surface area contributed by atoms with Crippen LogP contribution in [-0.4, -0.2) is 24.9 Å². The van der Waals surface area contributed by atoms with Crippen molar-refractivity contribution in [1.82, 2.24) is 5.32 Å². The summed E-state index contributed by atoms with van der Waals surface area (Å²) >= 11 is 12.0. The van der Waals surface area contributed by atoms with Crippen LogP contribution in [0.1, 0.15) is 11.1 Å². The second-order valence-corrected chi connectivity index (χ2v) is 8.18. The molecule has 0 aliphatic carbocycles. The first-order valence-corrected chi connectivity index (χ1v) is 10.9. The number of para-hydroxylation sites is 2. The third-order valence-corrected chi connectivity index (χ3v) is 5.64. The Hall–Kier alpha value is -3.35. The summed E-state index contributed by atoms with van der Waals surface area (Å²) in [6, 6.07) is 18.4. The molecule has 8 heteroatoms. The van der Waals surface area contributed by atoms with Gasteiger partial charge >= 0.3 is 0 Å². The predicted octanol–water partition coefficient (Wildman–Crippen LogP) is 5.26. The molecule has 0 aromatic heterocycles. The van der Waals surface area contributed by atoms with E-state index in [-0.39, 0.29) is 28.8 Å². The number of halogens is 3. The molecule has 4 rings (SSSR count). The second-order valence-electron chi connectivity index (χ2n) is 7.33. The van der Waals surface area contributed by atoms with Gasteiger partial charge in [-0.25, -0.2) is 4.39 Å². The molecule has 2 amide bonds. The van der Waals surface area contributed by atoms with Gasteiger partial charge in [0.05, 0.1) is 10.7 Å². The van der Waals surface area contributed by atoms with Crippen LogP contribution in [-0.2, 0) is 16.0 Å². The van der Waals surface area contributed by atoms with Gasteiger partial charge in [0.15, 0.2) is 11.5 Å². The highest BCUT2D eigenvalue weighted by atomic mass is 35.5.